The molecule has 4 aromatic carbocycles. The number of rotatable bonds is 9. The zero-order valence-electron chi connectivity index (χ0n) is 29.1. The number of hydrogen-bond donors (Lipinski definition) is 4. The third kappa shape index (κ3) is 6.18. The summed E-state index contributed by atoms with van der Waals surface area (Å²) in [5.41, 5.74) is -0.954. The van der Waals surface area contributed by atoms with E-state index in [2.05, 4.69) is 4.90 Å². The maximum Gasteiger partial charge on any atom is 0.202 e. The average Bonchev–Trinajstić information content (AvgIpc) is 3.13. The summed E-state index contributed by atoms with van der Waals surface area (Å²) in [5.74, 6) is -3.14. The average molecular weight is 708 g/mol. The van der Waals surface area contributed by atoms with Crippen molar-refractivity contribution in [2.24, 2.45) is 0 Å². The van der Waals surface area contributed by atoms with Crippen molar-refractivity contribution in [3.05, 3.63) is 123 Å². The molecule has 7 rings (SSSR count). The van der Waals surface area contributed by atoms with Crippen LogP contribution in [0.4, 0.5) is 0 Å². The molecule has 4 aromatic rings. The van der Waals surface area contributed by atoms with E-state index in [-0.39, 0.29) is 40.8 Å². The van der Waals surface area contributed by atoms with Gasteiger partial charge in [0.15, 0.2) is 17.9 Å². The second-order valence-corrected chi connectivity index (χ2v) is 13.9. The monoisotopic (exact) mass is 707 g/mol. The van der Waals surface area contributed by atoms with Gasteiger partial charge in [0.25, 0.3) is 0 Å². The number of phenolic OH excluding ortho intramolecular Hbond substituents is 2. The van der Waals surface area contributed by atoms with Crippen molar-refractivity contribution in [1.82, 2.24) is 4.90 Å². The molecular weight excluding hydrogens is 666 g/mol. The number of hydrogen-bond acceptors (Lipinski definition) is 11. The number of nitrogens with zero attached hydrogens (tertiary/aromatic N) is 1. The van der Waals surface area contributed by atoms with Gasteiger partial charge in [-0.3, -0.25) is 19.3 Å². The van der Waals surface area contributed by atoms with E-state index in [9.17, 15) is 34.8 Å². The molecule has 0 bridgehead atoms. The van der Waals surface area contributed by atoms with Gasteiger partial charge in [-0.05, 0) is 31.0 Å². The standard InChI is InChI=1S/C41H41NO10/c1-22-36(44)28(42(20-24-11-6-4-7-12-24)21-25-13-8-5-9-14-25)17-31(51-22)52-30-19-41(49,23(2)43)18-27-33(30)40(48)35-34(38(27)46)37(45)26-15-10-16-29(50-3)32(26)39(35)47/h4-16,22,28,30-31,36,44,46,48-49H,17-21H2,1-3H3/t22-,28-,30-,31-,36-,41-/m0/s1. The van der Waals surface area contributed by atoms with Crippen LogP contribution in [0.5, 0.6) is 17.2 Å². The maximum absolute atomic E-state index is 14.0. The van der Waals surface area contributed by atoms with Gasteiger partial charge in [0, 0.05) is 55.1 Å². The maximum atomic E-state index is 14.0. The minimum atomic E-state index is -2.04. The molecule has 0 unspecified atom stereocenters. The summed E-state index contributed by atoms with van der Waals surface area (Å²) >= 11 is 0. The lowest BCUT2D eigenvalue weighted by atomic mass is 9.72. The molecule has 1 saturated heterocycles. The SMILES string of the molecule is COc1cccc2c1C(=O)c1c(O)c3c(c(O)c1C2=O)C[C@@](O)(C(C)=O)C[C@@H]3O[C@H]1C[C@H](N(Cc2ccccc2)Cc2ccccc2)[C@@H](O)[C@H](C)O1. The van der Waals surface area contributed by atoms with Gasteiger partial charge in [-0.15, -0.1) is 0 Å². The van der Waals surface area contributed by atoms with Crippen LogP contribution >= 0.6 is 0 Å². The summed E-state index contributed by atoms with van der Waals surface area (Å²) < 4.78 is 18.1. The highest BCUT2D eigenvalue weighted by molar-refractivity contribution is 6.31. The summed E-state index contributed by atoms with van der Waals surface area (Å²) in [6.07, 6.45) is -4.50. The molecule has 52 heavy (non-hydrogen) atoms. The van der Waals surface area contributed by atoms with E-state index in [1.807, 2.05) is 60.7 Å². The van der Waals surface area contributed by atoms with E-state index < -0.39 is 82.6 Å². The Morgan fingerprint density at radius 3 is 2.10 bits per heavy atom. The topological polar surface area (TPSA) is 163 Å². The lowest BCUT2D eigenvalue weighted by Crippen LogP contribution is -2.55. The quantitative estimate of drug-likeness (QED) is 0.156. The van der Waals surface area contributed by atoms with Crippen LogP contribution in [-0.2, 0) is 33.8 Å². The molecule has 11 nitrogen and oxygen atoms in total. The Labute approximate surface area is 301 Å². The first-order valence-electron chi connectivity index (χ1n) is 17.3. The van der Waals surface area contributed by atoms with E-state index in [1.54, 1.807) is 6.92 Å². The minimum Gasteiger partial charge on any atom is -0.507 e. The van der Waals surface area contributed by atoms with E-state index in [4.69, 9.17) is 14.2 Å². The van der Waals surface area contributed by atoms with Gasteiger partial charge in [-0.1, -0.05) is 72.8 Å². The van der Waals surface area contributed by atoms with Crippen molar-refractivity contribution in [3.63, 3.8) is 0 Å². The van der Waals surface area contributed by atoms with Crippen LogP contribution in [0.1, 0.15) is 86.9 Å². The normalized spacial score (nSPS) is 25.3. The molecule has 1 aliphatic heterocycles. The molecule has 270 valence electrons. The number of aromatic hydroxyl groups is 2. The van der Waals surface area contributed by atoms with Crippen LogP contribution in [0.15, 0.2) is 78.9 Å². The molecule has 0 saturated carbocycles. The summed E-state index contributed by atoms with van der Waals surface area (Å²) in [5, 5.41) is 46.8. The molecule has 0 aromatic heterocycles. The van der Waals surface area contributed by atoms with Crippen LogP contribution < -0.4 is 4.74 Å². The molecule has 6 atom stereocenters. The van der Waals surface area contributed by atoms with Crippen LogP contribution in [0.25, 0.3) is 0 Å². The van der Waals surface area contributed by atoms with Gasteiger partial charge in [0.2, 0.25) is 5.78 Å². The van der Waals surface area contributed by atoms with Gasteiger partial charge in [-0.2, -0.15) is 0 Å². The number of aliphatic hydroxyl groups is 2. The number of fused-ring (bicyclic) bond motifs is 3. The summed E-state index contributed by atoms with van der Waals surface area (Å²) in [6, 6.07) is 23.8. The van der Waals surface area contributed by atoms with Gasteiger partial charge in [0.1, 0.15) is 22.8 Å². The Bertz CT molecular complexity index is 1990. The van der Waals surface area contributed by atoms with Gasteiger partial charge in [0.05, 0.1) is 42.1 Å². The Balaban J connectivity index is 1.28. The molecule has 2 aliphatic carbocycles. The van der Waals surface area contributed by atoms with Crippen LogP contribution in [0.3, 0.4) is 0 Å². The zero-order chi connectivity index (χ0) is 36.9. The van der Waals surface area contributed by atoms with E-state index in [0.29, 0.717) is 13.1 Å². The number of methoxy groups -OCH3 is 1. The number of carbonyl (C=O) groups is 3. The van der Waals surface area contributed by atoms with Crippen molar-refractivity contribution in [1.29, 1.82) is 0 Å². The molecule has 1 fully saturated rings. The number of ether oxygens (including phenoxy) is 3. The molecule has 0 amide bonds. The molecule has 0 radical (unpaired) electrons. The highest BCUT2D eigenvalue weighted by atomic mass is 16.7. The summed E-state index contributed by atoms with van der Waals surface area (Å²) in [4.78, 5) is 42.9. The molecule has 4 N–H and O–H groups in total. The zero-order valence-corrected chi connectivity index (χ0v) is 29.1. The smallest absolute Gasteiger partial charge is 0.202 e. The van der Waals surface area contributed by atoms with Crippen molar-refractivity contribution in [3.8, 4) is 17.2 Å². The number of ketones is 3. The van der Waals surface area contributed by atoms with Crippen molar-refractivity contribution < 1.29 is 49.0 Å². The predicted octanol–water partition coefficient (Wildman–Crippen LogP) is 4.77. The summed E-state index contributed by atoms with van der Waals surface area (Å²) in [6.45, 7) is 3.96. The third-order valence-corrected chi connectivity index (χ3v) is 10.6. The molecule has 11 heteroatoms. The van der Waals surface area contributed by atoms with E-state index in [1.165, 1.54) is 32.2 Å². The fourth-order valence-electron chi connectivity index (χ4n) is 7.89. The number of Topliss-reactive ketones (excluding diaryl/α,β-unsaturated/α-hetero) is 1. The Morgan fingerprint density at radius 2 is 1.50 bits per heavy atom. The number of phenols is 2. The molecule has 0 spiro atoms. The van der Waals surface area contributed by atoms with E-state index >= 15 is 0 Å². The van der Waals surface area contributed by atoms with Crippen LogP contribution in [0.2, 0.25) is 0 Å². The minimum absolute atomic E-state index is 0.0123. The summed E-state index contributed by atoms with van der Waals surface area (Å²) in [7, 11) is 1.36. The first-order valence-corrected chi connectivity index (χ1v) is 17.3. The second-order valence-electron chi connectivity index (χ2n) is 13.9. The van der Waals surface area contributed by atoms with Crippen molar-refractivity contribution in [2.75, 3.05) is 7.11 Å². The predicted molar refractivity (Wildman–Crippen MR) is 188 cm³/mol. The van der Waals surface area contributed by atoms with Crippen LogP contribution in [0, 0.1) is 0 Å². The Morgan fingerprint density at radius 1 is 0.885 bits per heavy atom. The van der Waals surface area contributed by atoms with Crippen molar-refractivity contribution in [2.45, 2.75) is 82.4 Å². The lowest BCUT2D eigenvalue weighted by Gasteiger charge is -2.45. The van der Waals surface area contributed by atoms with Crippen LogP contribution in [-0.4, -0.2) is 79.9 Å². The van der Waals surface area contributed by atoms with Crippen molar-refractivity contribution >= 4 is 17.3 Å². The fraction of sp³-hybridized carbons (Fsp3) is 0.341. The lowest BCUT2D eigenvalue weighted by molar-refractivity contribution is -0.259. The van der Waals surface area contributed by atoms with Gasteiger partial charge >= 0.3 is 0 Å². The molecule has 1 heterocycles. The number of aliphatic hydroxyl groups excluding tert-OH is 1. The fourth-order valence-corrected chi connectivity index (χ4v) is 7.89. The Hall–Kier alpha value is -4.91. The second kappa shape index (κ2) is 13.9. The molecular formula is C41H41NO10. The third-order valence-electron chi connectivity index (χ3n) is 10.6. The van der Waals surface area contributed by atoms with Gasteiger partial charge in [-0.25, -0.2) is 0 Å². The number of benzene rings is 4. The van der Waals surface area contributed by atoms with Gasteiger partial charge < -0.3 is 34.6 Å². The Kier molecular flexibility index (Phi) is 9.49. The van der Waals surface area contributed by atoms with E-state index in [0.717, 1.165) is 11.1 Å². The number of carbonyl (C=O) groups excluding carboxylic acids is 3. The first-order chi connectivity index (χ1) is 24.9. The largest absolute Gasteiger partial charge is 0.507 e. The highest BCUT2D eigenvalue weighted by Gasteiger charge is 2.50. The first kappa shape index (κ1) is 35.5. The highest BCUT2D eigenvalue weighted by Crippen LogP contribution is 2.52. The molecule has 3 aliphatic rings.